The Morgan fingerprint density at radius 2 is 1.41 bits per heavy atom. The van der Waals surface area contributed by atoms with E-state index in [1.807, 2.05) is 6.08 Å². The number of benzene rings is 1. The Balaban J connectivity index is 1.65. The highest BCUT2D eigenvalue weighted by Gasteiger charge is 2.58. The molecule has 7 heteroatoms. The van der Waals surface area contributed by atoms with Crippen LogP contribution in [-0.2, 0) is 19.2 Å². The second-order valence-corrected chi connectivity index (χ2v) is 7.82. The number of imide groups is 2. The summed E-state index contributed by atoms with van der Waals surface area (Å²) in [6, 6.07) is 6.62. The van der Waals surface area contributed by atoms with Crippen LogP contribution in [0.1, 0.15) is 24.3 Å². The first kappa shape index (κ1) is 16.2. The van der Waals surface area contributed by atoms with Crippen molar-refractivity contribution in [3.63, 3.8) is 0 Å². The molecule has 4 aliphatic rings. The van der Waals surface area contributed by atoms with Gasteiger partial charge in [-0.05, 0) is 36.5 Å². The molecule has 2 heterocycles. The Bertz CT molecular complexity index is 919. The first-order chi connectivity index (χ1) is 13.0. The normalized spacial score (nSPS) is 37.1. The average molecular weight is 366 g/mol. The van der Waals surface area contributed by atoms with Crippen LogP contribution in [0.4, 0.5) is 0 Å². The molecule has 2 aliphatic heterocycles. The summed E-state index contributed by atoms with van der Waals surface area (Å²) in [6.45, 7) is 0. The van der Waals surface area contributed by atoms with Crippen LogP contribution in [0.5, 0.6) is 5.75 Å². The third kappa shape index (κ3) is 2.20. The highest BCUT2D eigenvalue weighted by atomic mass is 16.3. The van der Waals surface area contributed by atoms with E-state index in [4.69, 9.17) is 0 Å². The van der Waals surface area contributed by atoms with Gasteiger partial charge in [-0.25, -0.2) is 0 Å². The zero-order chi connectivity index (χ0) is 18.9. The standard InChI is InChI=1S/C20H18N2O5/c23-9-3-1-8(2-4-9)14-10-5-6-11-15(19(26)21-17(11)24)12(10)7-13-16(14)20(27)22-18(13)25/h1-5,11-16,23H,6-7H2,(H,21,24,26)(H,22,25,27). The Morgan fingerprint density at radius 3 is 2.11 bits per heavy atom. The van der Waals surface area contributed by atoms with Crippen LogP contribution >= 0.6 is 0 Å². The molecule has 7 nitrogen and oxygen atoms in total. The van der Waals surface area contributed by atoms with Gasteiger partial charge in [0.25, 0.3) is 0 Å². The molecule has 5 rings (SSSR count). The van der Waals surface area contributed by atoms with E-state index in [1.54, 1.807) is 24.3 Å². The van der Waals surface area contributed by atoms with E-state index in [0.717, 1.165) is 11.1 Å². The van der Waals surface area contributed by atoms with Crippen molar-refractivity contribution in [2.45, 2.75) is 18.8 Å². The summed E-state index contributed by atoms with van der Waals surface area (Å²) in [5.74, 6) is -3.53. The highest BCUT2D eigenvalue weighted by Crippen LogP contribution is 2.55. The molecular formula is C20H18N2O5. The van der Waals surface area contributed by atoms with E-state index in [1.165, 1.54) is 0 Å². The lowest BCUT2D eigenvalue weighted by Gasteiger charge is -2.44. The SMILES string of the molecule is O=C1NC(=O)C2C1CC=C1C2CC2C(=O)NC(=O)C2C1c1ccc(O)cc1. The molecule has 4 amide bonds. The first-order valence-corrected chi connectivity index (χ1v) is 9.14. The van der Waals surface area contributed by atoms with E-state index in [2.05, 4.69) is 10.6 Å². The number of amides is 4. The van der Waals surface area contributed by atoms with Gasteiger partial charge in [0, 0.05) is 5.92 Å². The molecule has 3 N–H and O–H groups in total. The number of fused-ring (bicyclic) bond motifs is 4. The molecule has 27 heavy (non-hydrogen) atoms. The largest absolute Gasteiger partial charge is 0.508 e. The fraction of sp³-hybridized carbons (Fsp3) is 0.400. The summed E-state index contributed by atoms with van der Waals surface area (Å²) in [5.41, 5.74) is 1.78. The highest BCUT2D eigenvalue weighted by molar-refractivity contribution is 6.07. The van der Waals surface area contributed by atoms with Crippen LogP contribution in [0.15, 0.2) is 35.9 Å². The van der Waals surface area contributed by atoms with Gasteiger partial charge in [-0.15, -0.1) is 0 Å². The van der Waals surface area contributed by atoms with E-state index < -0.39 is 23.7 Å². The molecule has 6 atom stereocenters. The number of allylic oxidation sites excluding steroid dienone is 2. The quantitative estimate of drug-likeness (QED) is 0.498. The monoisotopic (exact) mass is 366 g/mol. The fourth-order valence-corrected chi connectivity index (χ4v) is 5.47. The van der Waals surface area contributed by atoms with Crippen LogP contribution in [0.3, 0.4) is 0 Å². The van der Waals surface area contributed by atoms with Gasteiger partial charge in [-0.3, -0.25) is 29.8 Å². The molecule has 0 spiro atoms. The van der Waals surface area contributed by atoms with Gasteiger partial charge >= 0.3 is 0 Å². The van der Waals surface area contributed by atoms with Gasteiger partial charge in [-0.1, -0.05) is 23.8 Å². The van der Waals surface area contributed by atoms with Crippen LogP contribution in [-0.4, -0.2) is 28.7 Å². The van der Waals surface area contributed by atoms with Crippen molar-refractivity contribution in [2.75, 3.05) is 0 Å². The molecule has 0 aromatic heterocycles. The second-order valence-electron chi connectivity index (χ2n) is 7.82. The van der Waals surface area contributed by atoms with E-state index in [0.29, 0.717) is 12.8 Å². The van der Waals surface area contributed by atoms with E-state index >= 15 is 0 Å². The maximum absolute atomic E-state index is 12.5. The molecule has 6 unspecified atom stereocenters. The van der Waals surface area contributed by atoms with E-state index in [-0.39, 0.29) is 41.2 Å². The second kappa shape index (κ2) is 5.52. The third-order valence-corrected chi connectivity index (χ3v) is 6.59. The number of hydrogen-bond donors (Lipinski definition) is 3. The summed E-state index contributed by atoms with van der Waals surface area (Å²) in [5, 5.41) is 14.5. The summed E-state index contributed by atoms with van der Waals surface area (Å²) < 4.78 is 0. The topological polar surface area (TPSA) is 113 Å². The third-order valence-electron chi connectivity index (χ3n) is 6.59. The lowest BCUT2D eigenvalue weighted by Crippen LogP contribution is -2.42. The van der Waals surface area contributed by atoms with Crippen molar-refractivity contribution < 1.29 is 24.3 Å². The minimum atomic E-state index is -0.527. The van der Waals surface area contributed by atoms with Crippen LogP contribution in [0.2, 0.25) is 0 Å². The first-order valence-electron chi connectivity index (χ1n) is 9.14. The Labute approximate surface area is 154 Å². The summed E-state index contributed by atoms with van der Waals surface area (Å²) in [6.07, 6.45) is 2.83. The lowest BCUT2D eigenvalue weighted by molar-refractivity contribution is -0.128. The number of phenolic OH excluding ortho intramolecular Hbond substituents is 1. The molecule has 3 fully saturated rings. The van der Waals surface area contributed by atoms with Crippen molar-refractivity contribution in [3.05, 3.63) is 41.5 Å². The Kier molecular flexibility index (Phi) is 3.32. The molecular weight excluding hydrogens is 348 g/mol. The van der Waals surface area contributed by atoms with E-state index in [9.17, 15) is 24.3 Å². The van der Waals surface area contributed by atoms with Gasteiger partial charge in [0.1, 0.15) is 5.75 Å². The van der Waals surface area contributed by atoms with Crippen molar-refractivity contribution in [1.29, 1.82) is 0 Å². The molecule has 1 aromatic rings. The van der Waals surface area contributed by atoms with Crippen molar-refractivity contribution >= 4 is 23.6 Å². The molecule has 1 saturated carbocycles. The number of phenols is 1. The van der Waals surface area contributed by atoms with Crippen molar-refractivity contribution in [2.24, 2.45) is 29.6 Å². The van der Waals surface area contributed by atoms with Gasteiger partial charge in [0.05, 0.1) is 23.7 Å². The van der Waals surface area contributed by atoms with Crippen molar-refractivity contribution in [1.82, 2.24) is 10.6 Å². The maximum Gasteiger partial charge on any atom is 0.231 e. The number of carbonyl (C=O) groups is 4. The molecule has 0 bridgehead atoms. The minimum absolute atomic E-state index is 0.119. The predicted octanol–water partition coefficient (Wildman–Crippen LogP) is 0.603. The van der Waals surface area contributed by atoms with Crippen LogP contribution in [0, 0.1) is 29.6 Å². The minimum Gasteiger partial charge on any atom is -0.508 e. The van der Waals surface area contributed by atoms with Gasteiger partial charge in [0.15, 0.2) is 0 Å². The summed E-state index contributed by atoms with van der Waals surface area (Å²) >= 11 is 0. The van der Waals surface area contributed by atoms with Gasteiger partial charge < -0.3 is 5.11 Å². The number of carbonyl (C=O) groups excluding carboxylic acids is 4. The van der Waals surface area contributed by atoms with Crippen LogP contribution in [0.25, 0.3) is 0 Å². The smallest absolute Gasteiger partial charge is 0.231 e. The maximum atomic E-state index is 12.5. The zero-order valence-electron chi connectivity index (χ0n) is 14.3. The zero-order valence-corrected chi connectivity index (χ0v) is 14.3. The molecule has 138 valence electrons. The van der Waals surface area contributed by atoms with Gasteiger partial charge in [-0.2, -0.15) is 0 Å². The Morgan fingerprint density at radius 1 is 0.778 bits per heavy atom. The van der Waals surface area contributed by atoms with Crippen LogP contribution < -0.4 is 10.6 Å². The molecule has 2 aliphatic carbocycles. The summed E-state index contributed by atoms with van der Waals surface area (Å²) in [7, 11) is 0. The number of rotatable bonds is 1. The van der Waals surface area contributed by atoms with Gasteiger partial charge in [0.2, 0.25) is 23.6 Å². The average Bonchev–Trinajstić information content (AvgIpc) is 3.10. The van der Waals surface area contributed by atoms with Crippen molar-refractivity contribution in [3.8, 4) is 5.75 Å². The summed E-state index contributed by atoms with van der Waals surface area (Å²) in [4.78, 5) is 49.5. The molecule has 0 radical (unpaired) electrons. The number of aromatic hydroxyl groups is 1. The Hall–Kier alpha value is -2.96. The molecule has 1 aromatic carbocycles. The predicted molar refractivity (Wildman–Crippen MR) is 91.9 cm³/mol. The molecule has 2 saturated heterocycles. The fourth-order valence-electron chi connectivity index (χ4n) is 5.47. The number of hydrogen-bond acceptors (Lipinski definition) is 5. The lowest BCUT2D eigenvalue weighted by atomic mass is 9.57. The number of nitrogens with one attached hydrogen (secondary N) is 2.